The molecule has 4 nitrogen and oxygen atoms in total. The highest BCUT2D eigenvalue weighted by Crippen LogP contribution is 2.29. The summed E-state index contributed by atoms with van der Waals surface area (Å²) >= 11 is 5.85. The van der Waals surface area contributed by atoms with Gasteiger partial charge in [0.2, 0.25) is 0 Å². The van der Waals surface area contributed by atoms with E-state index in [1.807, 2.05) is 4.90 Å². The number of piperidine rings is 1. The van der Waals surface area contributed by atoms with Crippen molar-refractivity contribution in [1.29, 1.82) is 0 Å². The summed E-state index contributed by atoms with van der Waals surface area (Å²) in [5.41, 5.74) is 0.633. The van der Waals surface area contributed by atoms with Crippen LogP contribution in [0.25, 0.3) is 0 Å². The number of carbonyl (C=O) groups is 2. The minimum absolute atomic E-state index is 0.000509. The Balaban J connectivity index is 1.93. The Morgan fingerprint density at radius 1 is 1.26 bits per heavy atom. The van der Waals surface area contributed by atoms with E-state index in [4.69, 9.17) is 11.6 Å². The normalized spacial score (nSPS) is 17.0. The van der Waals surface area contributed by atoms with Crippen LogP contribution in [0.15, 0.2) is 24.3 Å². The largest absolute Gasteiger partial charge is 0.481 e. The average molecular weight is 338 g/mol. The third kappa shape index (κ3) is 4.71. The van der Waals surface area contributed by atoms with Gasteiger partial charge >= 0.3 is 5.97 Å². The Hall–Kier alpha value is -1.55. The number of nitrogens with zero attached hydrogens (tertiary/aromatic N) is 1. The van der Waals surface area contributed by atoms with Gasteiger partial charge in [0.05, 0.1) is 5.92 Å². The predicted molar refractivity (Wildman–Crippen MR) is 90.7 cm³/mol. The van der Waals surface area contributed by atoms with Gasteiger partial charge < -0.3 is 10.0 Å². The Kier molecular flexibility index (Phi) is 6.46. The zero-order valence-corrected chi connectivity index (χ0v) is 14.3. The Bertz CT molecular complexity index is 536. The molecule has 1 aromatic carbocycles. The SMILES string of the molecule is CCCCC(C(=O)O)C1CCN(C(=O)c2ccc(Cl)cc2)CC1. The number of halogens is 1. The van der Waals surface area contributed by atoms with Crippen molar-refractivity contribution >= 4 is 23.5 Å². The first-order valence-electron chi connectivity index (χ1n) is 8.30. The first-order valence-corrected chi connectivity index (χ1v) is 8.68. The summed E-state index contributed by atoms with van der Waals surface area (Å²) in [6.45, 7) is 3.33. The van der Waals surface area contributed by atoms with Gasteiger partial charge in [0.1, 0.15) is 0 Å². The maximum Gasteiger partial charge on any atom is 0.306 e. The van der Waals surface area contributed by atoms with Crippen LogP contribution in [0, 0.1) is 11.8 Å². The smallest absolute Gasteiger partial charge is 0.306 e. The fourth-order valence-corrected chi connectivity index (χ4v) is 3.39. The second-order valence-electron chi connectivity index (χ2n) is 6.22. The second-order valence-corrected chi connectivity index (χ2v) is 6.66. The standard InChI is InChI=1S/C18H24ClNO3/c1-2-3-4-16(18(22)23)13-9-11-20(12-10-13)17(21)14-5-7-15(19)8-6-14/h5-8,13,16H,2-4,9-12H2,1H3,(H,22,23). The van der Waals surface area contributed by atoms with Crippen LogP contribution in [0.1, 0.15) is 49.4 Å². The van der Waals surface area contributed by atoms with Gasteiger partial charge in [-0.3, -0.25) is 9.59 Å². The third-order valence-corrected chi connectivity index (χ3v) is 4.92. The molecule has 1 aromatic rings. The number of rotatable bonds is 6. The highest BCUT2D eigenvalue weighted by molar-refractivity contribution is 6.30. The van der Waals surface area contributed by atoms with Crippen molar-refractivity contribution in [1.82, 2.24) is 4.90 Å². The van der Waals surface area contributed by atoms with Crippen LogP contribution >= 0.6 is 11.6 Å². The molecule has 0 radical (unpaired) electrons. The minimum Gasteiger partial charge on any atom is -0.481 e. The van der Waals surface area contributed by atoms with Crippen molar-refractivity contribution in [3.05, 3.63) is 34.9 Å². The van der Waals surface area contributed by atoms with E-state index in [2.05, 4.69) is 6.92 Å². The predicted octanol–water partition coefficient (Wildman–Crippen LogP) is 4.08. The molecule has 1 N–H and O–H groups in total. The lowest BCUT2D eigenvalue weighted by atomic mass is 9.81. The Morgan fingerprint density at radius 2 is 1.87 bits per heavy atom. The van der Waals surface area contributed by atoms with Gasteiger partial charge in [-0.1, -0.05) is 31.4 Å². The Morgan fingerprint density at radius 3 is 2.39 bits per heavy atom. The number of hydrogen-bond acceptors (Lipinski definition) is 2. The van der Waals surface area contributed by atoms with Crippen LogP contribution in [-0.2, 0) is 4.79 Å². The Labute approximate surface area is 142 Å². The van der Waals surface area contributed by atoms with E-state index in [9.17, 15) is 14.7 Å². The van der Waals surface area contributed by atoms with Crippen LogP contribution in [0.2, 0.25) is 5.02 Å². The molecule has 0 saturated carbocycles. The summed E-state index contributed by atoms with van der Waals surface area (Å²) in [7, 11) is 0. The molecular weight excluding hydrogens is 314 g/mol. The highest BCUT2D eigenvalue weighted by atomic mass is 35.5. The van der Waals surface area contributed by atoms with Crippen LogP contribution in [0.3, 0.4) is 0 Å². The summed E-state index contributed by atoms with van der Waals surface area (Å²) in [6.07, 6.45) is 4.22. The van der Waals surface area contributed by atoms with E-state index < -0.39 is 5.97 Å². The molecule has 0 spiro atoms. The molecule has 1 aliphatic rings. The molecule has 23 heavy (non-hydrogen) atoms. The van der Waals surface area contributed by atoms with E-state index in [0.717, 1.165) is 32.1 Å². The fraction of sp³-hybridized carbons (Fsp3) is 0.556. The van der Waals surface area contributed by atoms with Gasteiger partial charge in [-0.2, -0.15) is 0 Å². The molecule has 1 aliphatic heterocycles. The van der Waals surface area contributed by atoms with E-state index in [1.165, 1.54) is 0 Å². The number of amides is 1. The number of carbonyl (C=O) groups excluding carboxylic acids is 1. The molecule has 1 unspecified atom stereocenters. The van der Waals surface area contributed by atoms with E-state index in [0.29, 0.717) is 23.7 Å². The lowest BCUT2D eigenvalue weighted by Crippen LogP contribution is -2.41. The van der Waals surface area contributed by atoms with Gasteiger partial charge in [0.15, 0.2) is 0 Å². The lowest BCUT2D eigenvalue weighted by Gasteiger charge is -2.34. The molecule has 0 bridgehead atoms. The number of carboxylic acids is 1. The maximum absolute atomic E-state index is 12.5. The quantitative estimate of drug-likeness (QED) is 0.850. The molecule has 1 saturated heterocycles. The minimum atomic E-state index is -0.694. The van der Waals surface area contributed by atoms with Gasteiger partial charge in [0.25, 0.3) is 5.91 Å². The number of benzene rings is 1. The molecule has 5 heteroatoms. The van der Waals surface area contributed by atoms with E-state index >= 15 is 0 Å². The first kappa shape index (κ1) is 17.8. The van der Waals surface area contributed by atoms with Crippen molar-refractivity contribution in [2.24, 2.45) is 11.8 Å². The van der Waals surface area contributed by atoms with Crippen molar-refractivity contribution < 1.29 is 14.7 Å². The lowest BCUT2D eigenvalue weighted by molar-refractivity contribution is -0.144. The molecule has 1 atom stereocenters. The molecule has 126 valence electrons. The molecular formula is C18H24ClNO3. The highest BCUT2D eigenvalue weighted by Gasteiger charge is 2.32. The number of likely N-dealkylation sites (tertiary alicyclic amines) is 1. The van der Waals surface area contributed by atoms with Crippen LogP contribution < -0.4 is 0 Å². The fourth-order valence-electron chi connectivity index (χ4n) is 3.26. The monoisotopic (exact) mass is 337 g/mol. The van der Waals surface area contributed by atoms with Crippen molar-refractivity contribution in [2.75, 3.05) is 13.1 Å². The van der Waals surface area contributed by atoms with Crippen LogP contribution in [0.5, 0.6) is 0 Å². The number of aliphatic carboxylic acids is 1. The molecule has 1 fully saturated rings. The summed E-state index contributed by atoms with van der Waals surface area (Å²) in [5, 5.41) is 10.0. The third-order valence-electron chi connectivity index (χ3n) is 4.67. The topological polar surface area (TPSA) is 57.6 Å². The van der Waals surface area contributed by atoms with Crippen molar-refractivity contribution in [3.63, 3.8) is 0 Å². The maximum atomic E-state index is 12.5. The van der Waals surface area contributed by atoms with E-state index in [1.54, 1.807) is 24.3 Å². The van der Waals surface area contributed by atoms with Gasteiger partial charge in [-0.25, -0.2) is 0 Å². The first-order chi connectivity index (χ1) is 11.0. The van der Waals surface area contributed by atoms with Crippen molar-refractivity contribution in [2.45, 2.75) is 39.0 Å². The average Bonchev–Trinajstić information content (AvgIpc) is 2.55. The molecule has 1 heterocycles. The van der Waals surface area contributed by atoms with E-state index in [-0.39, 0.29) is 17.7 Å². The number of hydrogen-bond donors (Lipinski definition) is 1. The van der Waals surface area contributed by atoms with Gasteiger partial charge in [-0.05, 0) is 49.4 Å². The summed E-state index contributed by atoms with van der Waals surface area (Å²) in [6, 6.07) is 6.90. The number of carboxylic acid groups (broad SMARTS) is 1. The number of unbranched alkanes of at least 4 members (excludes halogenated alkanes) is 1. The molecule has 0 aromatic heterocycles. The molecule has 1 amide bonds. The zero-order chi connectivity index (χ0) is 16.8. The second kappa shape index (κ2) is 8.34. The zero-order valence-electron chi connectivity index (χ0n) is 13.5. The van der Waals surface area contributed by atoms with Crippen molar-refractivity contribution in [3.8, 4) is 0 Å². The van der Waals surface area contributed by atoms with Gasteiger partial charge in [0, 0.05) is 23.7 Å². The molecule has 2 rings (SSSR count). The van der Waals surface area contributed by atoms with Gasteiger partial charge in [-0.15, -0.1) is 0 Å². The van der Waals surface area contributed by atoms with Crippen LogP contribution in [-0.4, -0.2) is 35.0 Å². The summed E-state index contributed by atoms with van der Waals surface area (Å²) in [5.74, 6) is -0.794. The summed E-state index contributed by atoms with van der Waals surface area (Å²) < 4.78 is 0. The molecule has 0 aliphatic carbocycles. The van der Waals surface area contributed by atoms with Crippen LogP contribution in [0.4, 0.5) is 0 Å². The summed E-state index contributed by atoms with van der Waals surface area (Å²) in [4.78, 5) is 25.8.